The van der Waals surface area contributed by atoms with Crippen LogP contribution in [-0.2, 0) is 10.0 Å². The molecule has 25 heavy (non-hydrogen) atoms. The molecular formula is C18H25N3O3S. The maximum atomic E-state index is 13.1. The molecule has 0 radical (unpaired) electrons. The normalized spacial score (nSPS) is 22.0. The smallest absolute Gasteiger partial charge is 0.248 e. The van der Waals surface area contributed by atoms with Crippen molar-refractivity contribution in [2.75, 3.05) is 27.2 Å². The Balaban J connectivity index is 1.96. The van der Waals surface area contributed by atoms with E-state index in [1.165, 1.54) is 11.1 Å². The highest BCUT2D eigenvalue weighted by atomic mass is 32.2. The Morgan fingerprint density at radius 3 is 2.28 bits per heavy atom. The molecule has 2 atom stereocenters. The number of rotatable bonds is 4. The molecule has 0 bridgehead atoms. The molecule has 6 nitrogen and oxygen atoms in total. The van der Waals surface area contributed by atoms with E-state index >= 15 is 0 Å². The minimum absolute atomic E-state index is 0.123. The number of aryl methyl sites for hydroxylation is 3. The molecule has 1 aliphatic heterocycles. The number of hydrogen-bond acceptors (Lipinski definition) is 5. The predicted molar refractivity (Wildman–Crippen MR) is 96.1 cm³/mol. The van der Waals surface area contributed by atoms with Crippen LogP contribution in [0.25, 0.3) is 0 Å². The Hall–Kier alpha value is -1.70. The van der Waals surface area contributed by atoms with E-state index in [9.17, 15) is 8.42 Å². The number of sulfonamides is 1. The SMILES string of the molecule is Cc1ccc(C2CN(S(=O)(=O)c3c(C)noc3C)CC2N(C)C)cc1. The van der Waals surface area contributed by atoms with Crippen LogP contribution in [0, 0.1) is 20.8 Å². The molecular weight excluding hydrogens is 338 g/mol. The van der Waals surface area contributed by atoms with Crippen LogP contribution in [0.15, 0.2) is 33.7 Å². The lowest BCUT2D eigenvalue weighted by Gasteiger charge is -2.25. The molecule has 1 fully saturated rings. The molecule has 1 aliphatic rings. The molecule has 2 unspecified atom stereocenters. The summed E-state index contributed by atoms with van der Waals surface area (Å²) in [5, 5.41) is 3.80. The van der Waals surface area contributed by atoms with Gasteiger partial charge in [0.25, 0.3) is 0 Å². The molecule has 136 valence electrons. The number of nitrogens with zero attached hydrogens (tertiary/aromatic N) is 3. The van der Waals surface area contributed by atoms with E-state index in [2.05, 4.69) is 41.2 Å². The summed E-state index contributed by atoms with van der Waals surface area (Å²) in [4.78, 5) is 2.31. The lowest BCUT2D eigenvalue weighted by atomic mass is 9.93. The summed E-state index contributed by atoms with van der Waals surface area (Å²) in [6, 6.07) is 8.48. The van der Waals surface area contributed by atoms with Crippen LogP contribution in [0.5, 0.6) is 0 Å². The second kappa shape index (κ2) is 6.55. The predicted octanol–water partition coefficient (Wildman–Crippen LogP) is 2.32. The van der Waals surface area contributed by atoms with Crippen molar-refractivity contribution in [1.29, 1.82) is 0 Å². The van der Waals surface area contributed by atoms with E-state index in [0.717, 1.165) is 0 Å². The molecule has 0 saturated carbocycles. The van der Waals surface area contributed by atoms with Gasteiger partial charge in [-0.3, -0.25) is 0 Å². The fourth-order valence-corrected chi connectivity index (χ4v) is 5.36. The van der Waals surface area contributed by atoms with Crippen molar-refractivity contribution in [3.63, 3.8) is 0 Å². The van der Waals surface area contributed by atoms with Crippen molar-refractivity contribution in [2.24, 2.45) is 0 Å². The van der Waals surface area contributed by atoms with Gasteiger partial charge in [0.2, 0.25) is 10.0 Å². The van der Waals surface area contributed by atoms with Crippen LogP contribution in [0.1, 0.15) is 28.5 Å². The molecule has 0 spiro atoms. The van der Waals surface area contributed by atoms with Gasteiger partial charge < -0.3 is 9.42 Å². The summed E-state index contributed by atoms with van der Waals surface area (Å²) in [5.41, 5.74) is 2.78. The third kappa shape index (κ3) is 3.23. The van der Waals surface area contributed by atoms with Gasteiger partial charge in [0, 0.05) is 25.0 Å². The van der Waals surface area contributed by atoms with Crippen molar-refractivity contribution >= 4 is 10.0 Å². The average Bonchev–Trinajstić information content (AvgIpc) is 3.13. The second-order valence-corrected chi connectivity index (χ2v) is 8.90. The first-order chi connectivity index (χ1) is 11.7. The Morgan fingerprint density at radius 2 is 1.76 bits per heavy atom. The zero-order valence-corrected chi connectivity index (χ0v) is 16.2. The molecule has 3 rings (SSSR count). The van der Waals surface area contributed by atoms with E-state index in [1.54, 1.807) is 18.2 Å². The zero-order chi connectivity index (χ0) is 18.4. The summed E-state index contributed by atoms with van der Waals surface area (Å²) in [7, 11) is 0.374. The van der Waals surface area contributed by atoms with Gasteiger partial charge in [-0.05, 0) is 40.4 Å². The minimum Gasteiger partial charge on any atom is -0.360 e. The van der Waals surface area contributed by atoms with E-state index in [4.69, 9.17) is 4.52 Å². The van der Waals surface area contributed by atoms with E-state index in [0.29, 0.717) is 24.5 Å². The molecule has 1 aromatic heterocycles. The highest BCUT2D eigenvalue weighted by Gasteiger charge is 2.42. The van der Waals surface area contributed by atoms with Gasteiger partial charge in [-0.2, -0.15) is 4.31 Å². The van der Waals surface area contributed by atoms with E-state index in [-0.39, 0.29) is 16.9 Å². The number of benzene rings is 1. The first-order valence-electron chi connectivity index (χ1n) is 8.38. The summed E-state index contributed by atoms with van der Waals surface area (Å²) >= 11 is 0. The van der Waals surface area contributed by atoms with Gasteiger partial charge in [0.05, 0.1) is 0 Å². The zero-order valence-electron chi connectivity index (χ0n) is 15.4. The van der Waals surface area contributed by atoms with Crippen molar-refractivity contribution in [3.8, 4) is 0 Å². The molecule has 2 heterocycles. The fraction of sp³-hybridized carbons (Fsp3) is 0.500. The van der Waals surface area contributed by atoms with Gasteiger partial charge in [-0.15, -0.1) is 0 Å². The quantitative estimate of drug-likeness (QED) is 0.834. The second-order valence-electron chi connectivity index (χ2n) is 7.02. The largest absolute Gasteiger partial charge is 0.360 e. The third-order valence-electron chi connectivity index (χ3n) is 4.99. The van der Waals surface area contributed by atoms with Crippen molar-refractivity contribution in [2.45, 2.75) is 37.6 Å². The van der Waals surface area contributed by atoms with E-state index in [1.807, 2.05) is 14.1 Å². The van der Waals surface area contributed by atoms with Crippen LogP contribution in [0.2, 0.25) is 0 Å². The lowest BCUT2D eigenvalue weighted by Crippen LogP contribution is -2.36. The highest BCUT2D eigenvalue weighted by molar-refractivity contribution is 7.89. The van der Waals surface area contributed by atoms with Gasteiger partial charge in [-0.1, -0.05) is 35.0 Å². The topological polar surface area (TPSA) is 66.7 Å². The van der Waals surface area contributed by atoms with Crippen molar-refractivity contribution in [1.82, 2.24) is 14.4 Å². The van der Waals surface area contributed by atoms with Crippen LogP contribution < -0.4 is 0 Å². The first kappa shape index (κ1) is 18.1. The molecule has 2 aromatic rings. The van der Waals surface area contributed by atoms with Crippen LogP contribution in [0.4, 0.5) is 0 Å². The number of aromatic nitrogens is 1. The summed E-state index contributed by atoms with van der Waals surface area (Å²) in [6.07, 6.45) is 0. The molecule has 0 amide bonds. The summed E-state index contributed by atoms with van der Waals surface area (Å²) < 4.78 is 32.9. The Morgan fingerprint density at radius 1 is 1.12 bits per heavy atom. The third-order valence-corrected chi connectivity index (χ3v) is 7.07. The standard InChI is InChI=1S/C18H25N3O3S/c1-12-6-8-15(9-7-12)16-10-21(11-17(16)20(4)5)25(22,23)18-13(2)19-24-14(18)3/h6-9,16-17H,10-11H2,1-5H3. The Bertz CT molecular complexity index is 837. The van der Waals surface area contributed by atoms with Gasteiger partial charge >= 0.3 is 0 Å². The summed E-state index contributed by atoms with van der Waals surface area (Å²) in [5.74, 6) is 0.475. The number of hydrogen-bond donors (Lipinski definition) is 0. The first-order valence-corrected chi connectivity index (χ1v) is 9.82. The minimum atomic E-state index is -3.62. The Labute approximate surface area is 149 Å². The average molecular weight is 363 g/mol. The number of likely N-dealkylation sites (N-methyl/N-ethyl adjacent to an activating group) is 1. The highest BCUT2D eigenvalue weighted by Crippen LogP contribution is 2.35. The van der Waals surface area contributed by atoms with Gasteiger partial charge in [0.1, 0.15) is 10.6 Å². The summed E-state index contributed by atoms with van der Waals surface area (Å²) in [6.45, 7) is 6.27. The van der Waals surface area contributed by atoms with Gasteiger partial charge in [-0.25, -0.2) is 8.42 Å². The molecule has 1 saturated heterocycles. The van der Waals surface area contributed by atoms with Gasteiger partial charge in [0.15, 0.2) is 5.76 Å². The van der Waals surface area contributed by atoms with Crippen molar-refractivity contribution in [3.05, 3.63) is 46.8 Å². The van der Waals surface area contributed by atoms with Crippen LogP contribution in [0.3, 0.4) is 0 Å². The van der Waals surface area contributed by atoms with Crippen molar-refractivity contribution < 1.29 is 12.9 Å². The molecule has 0 aliphatic carbocycles. The molecule has 7 heteroatoms. The Kier molecular flexibility index (Phi) is 4.74. The van der Waals surface area contributed by atoms with E-state index < -0.39 is 10.0 Å². The van der Waals surface area contributed by atoms with Crippen LogP contribution >= 0.6 is 0 Å². The fourth-order valence-electron chi connectivity index (χ4n) is 3.58. The molecule has 0 N–H and O–H groups in total. The monoisotopic (exact) mass is 363 g/mol. The maximum absolute atomic E-state index is 13.1. The lowest BCUT2D eigenvalue weighted by molar-refractivity contribution is 0.285. The maximum Gasteiger partial charge on any atom is 0.248 e. The molecule has 1 aromatic carbocycles. The van der Waals surface area contributed by atoms with Crippen LogP contribution in [-0.4, -0.2) is 56.0 Å².